The number of hydrogen-bond acceptors (Lipinski definition) is 1. The Morgan fingerprint density at radius 3 is 2.84 bits per heavy atom. The number of fused-ring (bicyclic) bond motifs is 2. The van der Waals surface area contributed by atoms with Crippen LogP contribution in [0.2, 0.25) is 5.02 Å². The van der Waals surface area contributed by atoms with Gasteiger partial charge in [0.1, 0.15) is 11.6 Å². The van der Waals surface area contributed by atoms with Crippen molar-refractivity contribution in [2.75, 3.05) is 0 Å². The lowest BCUT2D eigenvalue weighted by atomic mass is 9.84. The Labute approximate surface area is 118 Å². The van der Waals surface area contributed by atoms with Crippen LogP contribution in [0.3, 0.4) is 0 Å². The fourth-order valence-corrected chi connectivity index (χ4v) is 4.08. The van der Waals surface area contributed by atoms with Crippen molar-refractivity contribution in [2.45, 2.75) is 38.5 Å². The van der Waals surface area contributed by atoms with Crippen molar-refractivity contribution in [3.8, 4) is 0 Å². The highest BCUT2D eigenvalue weighted by Gasteiger charge is 2.39. The molecule has 2 aliphatic rings. The molecule has 2 saturated carbocycles. The number of carbonyl (C=O) groups excluding carboxylic acids is 1. The lowest BCUT2D eigenvalue weighted by Crippen LogP contribution is -2.16. The summed E-state index contributed by atoms with van der Waals surface area (Å²) in [6.45, 7) is 0. The summed E-state index contributed by atoms with van der Waals surface area (Å²) in [6.07, 6.45) is 5.94. The van der Waals surface area contributed by atoms with E-state index in [1.165, 1.54) is 31.7 Å². The van der Waals surface area contributed by atoms with Gasteiger partial charge in [0.25, 0.3) is 0 Å². The third kappa shape index (κ3) is 2.69. The molecule has 0 amide bonds. The highest BCUT2D eigenvalue weighted by atomic mass is 35.5. The van der Waals surface area contributed by atoms with Gasteiger partial charge < -0.3 is 0 Å². The smallest absolute Gasteiger partial charge is 0.145 e. The molecule has 0 heterocycles. The third-order valence-corrected chi connectivity index (χ3v) is 5.09. The second kappa shape index (κ2) is 5.24. The molecule has 19 heavy (non-hydrogen) atoms. The van der Waals surface area contributed by atoms with Gasteiger partial charge in [-0.1, -0.05) is 30.2 Å². The molecule has 1 aromatic rings. The number of rotatable bonds is 4. The van der Waals surface area contributed by atoms with Gasteiger partial charge in [0.15, 0.2) is 0 Å². The lowest BCUT2D eigenvalue weighted by Gasteiger charge is -2.20. The first kappa shape index (κ1) is 13.1. The van der Waals surface area contributed by atoms with Gasteiger partial charge in [-0.25, -0.2) is 4.39 Å². The minimum atomic E-state index is -0.439. The molecule has 0 radical (unpaired) electrons. The van der Waals surface area contributed by atoms with E-state index in [-0.39, 0.29) is 17.2 Å². The van der Waals surface area contributed by atoms with Crippen LogP contribution in [0.5, 0.6) is 0 Å². The third-order valence-electron chi connectivity index (χ3n) is 4.79. The maximum absolute atomic E-state index is 13.7. The van der Waals surface area contributed by atoms with Crippen molar-refractivity contribution >= 4 is 17.4 Å². The van der Waals surface area contributed by atoms with Crippen LogP contribution < -0.4 is 0 Å². The average molecular weight is 281 g/mol. The first-order valence-corrected chi connectivity index (χ1v) is 7.46. The van der Waals surface area contributed by atoms with Crippen LogP contribution in [-0.2, 0) is 11.2 Å². The number of carbonyl (C=O) groups is 1. The molecule has 1 nitrogen and oxygen atoms in total. The Morgan fingerprint density at radius 2 is 2.16 bits per heavy atom. The van der Waals surface area contributed by atoms with Gasteiger partial charge in [-0.15, -0.1) is 0 Å². The maximum Gasteiger partial charge on any atom is 0.145 e. The Morgan fingerprint density at radius 1 is 1.32 bits per heavy atom. The monoisotopic (exact) mass is 280 g/mol. The van der Waals surface area contributed by atoms with E-state index in [1.807, 2.05) is 0 Å². The molecule has 3 atom stereocenters. The average Bonchev–Trinajstić information content (AvgIpc) is 2.97. The molecular weight excluding hydrogens is 263 g/mol. The number of benzene rings is 1. The summed E-state index contributed by atoms with van der Waals surface area (Å²) in [5.41, 5.74) is 0.431. The van der Waals surface area contributed by atoms with E-state index in [9.17, 15) is 9.18 Å². The van der Waals surface area contributed by atoms with E-state index in [1.54, 1.807) is 12.1 Å². The van der Waals surface area contributed by atoms with Gasteiger partial charge in [-0.2, -0.15) is 0 Å². The highest BCUT2D eigenvalue weighted by Crippen LogP contribution is 2.49. The fraction of sp³-hybridized carbons (Fsp3) is 0.562. The molecule has 102 valence electrons. The quantitative estimate of drug-likeness (QED) is 0.798. The molecule has 2 fully saturated rings. The van der Waals surface area contributed by atoms with Crippen molar-refractivity contribution in [1.82, 2.24) is 0 Å². The molecule has 3 unspecified atom stereocenters. The number of hydrogen-bond donors (Lipinski definition) is 0. The summed E-state index contributed by atoms with van der Waals surface area (Å²) in [7, 11) is 0. The molecule has 0 aliphatic heterocycles. The largest absolute Gasteiger partial charge is 0.299 e. The van der Waals surface area contributed by atoms with Gasteiger partial charge in [0.05, 0.1) is 5.02 Å². The van der Waals surface area contributed by atoms with Gasteiger partial charge in [0.2, 0.25) is 0 Å². The SMILES string of the molecule is O=C(Cc1cccc(Cl)c1F)CC1CC2CCC1C2. The second-order valence-electron chi connectivity index (χ2n) is 6.07. The fourth-order valence-electron chi connectivity index (χ4n) is 3.89. The van der Waals surface area contributed by atoms with Gasteiger partial charge in [-0.05, 0) is 48.6 Å². The molecule has 3 rings (SSSR count). The van der Waals surface area contributed by atoms with E-state index >= 15 is 0 Å². The van der Waals surface area contributed by atoms with E-state index in [0.29, 0.717) is 17.9 Å². The van der Waals surface area contributed by atoms with Crippen molar-refractivity contribution in [1.29, 1.82) is 0 Å². The van der Waals surface area contributed by atoms with Crippen LogP contribution in [0.4, 0.5) is 4.39 Å². The van der Waals surface area contributed by atoms with E-state index in [0.717, 1.165) is 11.8 Å². The van der Waals surface area contributed by atoms with Crippen molar-refractivity contribution in [3.63, 3.8) is 0 Å². The molecule has 0 spiro atoms. The van der Waals surface area contributed by atoms with Crippen LogP contribution in [0, 0.1) is 23.6 Å². The molecular formula is C16H18ClFO. The highest BCUT2D eigenvalue weighted by molar-refractivity contribution is 6.30. The first-order chi connectivity index (χ1) is 9.13. The first-order valence-electron chi connectivity index (χ1n) is 7.08. The standard InChI is InChI=1S/C16H18ClFO/c17-15-3-1-2-12(16(15)18)8-14(19)9-13-7-10-4-5-11(13)6-10/h1-3,10-11,13H,4-9H2. The molecule has 0 saturated heterocycles. The van der Waals surface area contributed by atoms with Crippen molar-refractivity contribution < 1.29 is 9.18 Å². The minimum Gasteiger partial charge on any atom is -0.299 e. The number of halogens is 2. The second-order valence-corrected chi connectivity index (χ2v) is 6.47. The Hall–Kier alpha value is -0.890. The summed E-state index contributed by atoms with van der Waals surface area (Å²) in [5.74, 6) is 1.86. The Bertz CT molecular complexity index is 500. The van der Waals surface area contributed by atoms with Crippen LogP contribution in [0.1, 0.15) is 37.7 Å². The zero-order valence-corrected chi connectivity index (χ0v) is 11.6. The van der Waals surface area contributed by atoms with Crippen molar-refractivity contribution in [2.24, 2.45) is 17.8 Å². The van der Waals surface area contributed by atoms with Gasteiger partial charge in [-0.3, -0.25) is 4.79 Å². The predicted octanol–water partition coefficient (Wildman–Crippen LogP) is 4.42. The zero-order chi connectivity index (χ0) is 13.4. The summed E-state index contributed by atoms with van der Waals surface area (Å²) >= 11 is 5.73. The van der Waals surface area contributed by atoms with Crippen LogP contribution in [0.15, 0.2) is 18.2 Å². The van der Waals surface area contributed by atoms with E-state index in [2.05, 4.69) is 0 Å². The summed E-state index contributed by atoms with van der Waals surface area (Å²) < 4.78 is 13.7. The molecule has 0 N–H and O–H groups in total. The van der Waals surface area contributed by atoms with Crippen LogP contribution in [0.25, 0.3) is 0 Å². The molecule has 3 heteroatoms. The number of ketones is 1. The Balaban J connectivity index is 1.61. The summed E-state index contributed by atoms with van der Waals surface area (Å²) in [6, 6.07) is 4.87. The van der Waals surface area contributed by atoms with E-state index < -0.39 is 5.82 Å². The van der Waals surface area contributed by atoms with Gasteiger partial charge in [0, 0.05) is 12.8 Å². The molecule has 0 aromatic heterocycles. The number of Topliss-reactive ketones (excluding diaryl/α,β-unsaturated/α-hetero) is 1. The lowest BCUT2D eigenvalue weighted by molar-refractivity contribution is -0.119. The normalized spacial score (nSPS) is 28.8. The Kier molecular flexibility index (Phi) is 3.62. The maximum atomic E-state index is 13.7. The van der Waals surface area contributed by atoms with E-state index in [4.69, 9.17) is 11.6 Å². The summed E-state index contributed by atoms with van der Waals surface area (Å²) in [4.78, 5) is 12.1. The molecule has 2 aliphatic carbocycles. The van der Waals surface area contributed by atoms with Crippen LogP contribution in [-0.4, -0.2) is 5.78 Å². The van der Waals surface area contributed by atoms with Gasteiger partial charge >= 0.3 is 0 Å². The molecule has 1 aromatic carbocycles. The zero-order valence-electron chi connectivity index (χ0n) is 10.9. The minimum absolute atomic E-state index is 0.102. The predicted molar refractivity (Wildman–Crippen MR) is 73.7 cm³/mol. The summed E-state index contributed by atoms with van der Waals surface area (Å²) in [5, 5.41) is 0.102. The molecule has 2 bridgehead atoms. The van der Waals surface area contributed by atoms with Crippen molar-refractivity contribution in [3.05, 3.63) is 34.6 Å². The van der Waals surface area contributed by atoms with Crippen LogP contribution >= 0.6 is 11.6 Å². The topological polar surface area (TPSA) is 17.1 Å².